The summed E-state index contributed by atoms with van der Waals surface area (Å²) in [7, 11) is 7.46. The normalized spacial score (nSPS) is 21.2. The van der Waals surface area contributed by atoms with Crippen LogP contribution in [0.25, 0.3) is 0 Å². The molecule has 2 aromatic rings. The number of benzene rings is 2. The van der Waals surface area contributed by atoms with E-state index in [2.05, 4.69) is 18.0 Å². The summed E-state index contributed by atoms with van der Waals surface area (Å²) in [6.07, 6.45) is 8.26. The Morgan fingerprint density at radius 3 is 2.58 bits per heavy atom. The molecule has 0 saturated heterocycles. The molecule has 1 saturated carbocycles. The van der Waals surface area contributed by atoms with Gasteiger partial charge in [0.25, 0.3) is 0 Å². The Bertz CT molecular complexity index is 976. The molecule has 1 heterocycles. The van der Waals surface area contributed by atoms with Crippen molar-refractivity contribution in [3.63, 3.8) is 0 Å². The smallest absolute Gasteiger partial charge is 0.248 e. The molecule has 1 aliphatic carbocycles. The Kier molecular flexibility index (Phi) is 7.55. The zero-order valence-electron chi connectivity index (χ0n) is 20.3. The fraction of sp³-hybridized carbons (Fsp3) is 0.519. The number of amides is 1. The fourth-order valence-corrected chi connectivity index (χ4v) is 6.88. The number of anilines is 1. The van der Waals surface area contributed by atoms with Crippen molar-refractivity contribution in [3.05, 3.63) is 48.0 Å². The van der Waals surface area contributed by atoms with E-state index in [1.54, 1.807) is 26.0 Å². The van der Waals surface area contributed by atoms with Gasteiger partial charge < -0.3 is 19.3 Å². The summed E-state index contributed by atoms with van der Waals surface area (Å²) in [5, 5.41) is 0. The third-order valence-corrected chi connectivity index (χ3v) is 8.75. The SMILES string of the molecule is COc1ccc(OC)c(C2(CCCN(C)C3CCCCC3)Sc3ccccc3N(C)C2=O)c1. The molecule has 4 rings (SSSR count). The molecular formula is C27H36N2O3S. The standard InChI is InChI=1S/C27H36N2O3S/c1-28(20-11-6-5-7-12-20)18-10-17-27(22-19-21(31-3)15-16-24(22)32-4)26(30)29(2)23-13-8-9-14-25(23)33-27/h8-9,13-16,19-20H,5-7,10-12,17-18H2,1-4H3. The lowest BCUT2D eigenvalue weighted by molar-refractivity contribution is -0.121. The third kappa shape index (κ3) is 4.73. The number of methoxy groups -OCH3 is 2. The van der Waals surface area contributed by atoms with Gasteiger partial charge in [-0.25, -0.2) is 0 Å². The molecule has 1 fully saturated rings. The van der Waals surface area contributed by atoms with Crippen molar-refractivity contribution < 1.29 is 14.3 Å². The second-order valence-corrected chi connectivity index (χ2v) is 10.5. The molecule has 0 N–H and O–H groups in total. The van der Waals surface area contributed by atoms with Gasteiger partial charge >= 0.3 is 0 Å². The number of ether oxygens (including phenoxy) is 2. The number of likely N-dealkylation sites (N-methyl/N-ethyl adjacent to an activating group) is 1. The number of carbonyl (C=O) groups is 1. The second kappa shape index (κ2) is 10.4. The lowest BCUT2D eigenvalue weighted by atomic mass is 9.89. The van der Waals surface area contributed by atoms with Gasteiger partial charge in [0.2, 0.25) is 5.91 Å². The summed E-state index contributed by atoms with van der Waals surface area (Å²) in [5.74, 6) is 1.56. The van der Waals surface area contributed by atoms with Crippen molar-refractivity contribution in [2.24, 2.45) is 0 Å². The number of fused-ring (bicyclic) bond motifs is 1. The van der Waals surface area contributed by atoms with Crippen LogP contribution in [0.5, 0.6) is 11.5 Å². The molecule has 2 aromatic carbocycles. The number of carbonyl (C=O) groups excluding carboxylic acids is 1. The van der Waals surface area contributed by atoms with Gasteiger partial charge in [-0.15, -0.1) is 11.8 Å². The minimum atomic E-state index is -0.767. The summed E-state index contributed by atoms with van der Waals surface area (Å²) >= 11 is 1.66. The van der Waals surface area contributed by atoms with Crippen LogP contribution in [0.3, 0.4) is 0 Å². The zero-order valence-corrected chi connectivity index (χ0v) is 21.1. The fourth-order valence-electron chi connectivity index (χ4n) is 5.31. The van der Waals surface area contributed by atoms with Crippen LogP contribution < -0.4 is 14.4 Å². The molecule has 2 aliphatic rings. The van der Waals surface area contributed by atoms with Crippen molar-refractivity contribution >= 4 is 23.4 Å². The molecule has 6 heteroatoms. The van der Waals surface area contributed by atoms with Crippen LogP contribution in [0, 0.1) is 0 Å². The molecular weight excluding hydrogens is 432 g/mol. The number of nitrogens with zero attached hydrogens (tertiary/aromatic N) is 2. The molecule has 0 radical (unpaired) electrons. The van der Waals surface area contributed by atoms with E-state index in [0.29, 0.717) is 6.04 Å². The molecule has 0 bridgehead atoms. The van der Waals surface area contributed by atoms with E-state index >= 15 is 0 Å². The summed E-state index contributed by atoms with van der Waals surface area (Å²) < 4.78 is 10.5. The quantitative estimate of drug-likeness (QED) is 0.496. The minimum Gasteiger partial charge on any atom is -0.497 e. The number of hydrogen-bond donors (Lipinski definition) is 0. The Morgan fingerprint density at radius 1 is 1.09 bits per heavy atom. The van der Waals surface area contributed by atoms with Crippen LogP contribution in [0.1, 0.15) is 50.5 Å². The number of hydrogen-bond acceptors (Lipinski definition) is 5. The van der Waals surface area contributed by atoms with Gasteiger partial charge in [0.05, 0.1) is 19.9 Å². The van der Waals surface area contributed by atoms with Gasteiger partial charge in [-0.05, 0) is 69.6 Å². The van der Waals surface area contributed by atoms with E-state index in [1.807, 2.05) is 48.3 Å². The average molecular weight is 469 g/mol. The molecule has 1 atom stereocenters. The molecule has 0 aromatic heterocycles. The van der Waals surface area contributed by atoms with E-state index in [4.69, 9.17) is 9.47 Å². The highest BCUT2D eigenvalue weighted by molar-refractivity contribution is 8.01. The van der Waals surface area contributed by atoms with Crippen molar-refractivity contribution in [1.82, 2.24) is 4.90 Å². The van der Waals surface area contributed by atoms with E-state index in [0.717, 1.165) is 47.0 Å². The van der Waals surface area contributed by atoms with Gasteiger partial charge in [0, 0.05) is 23.5 Å². The first-order valence-electron chi connectivity index (χ1n) is 12.0. The first kappa shape index (κ1) is 24.0. The maximum absolute atomic E-state index is 14.1. The monoisotopic (exact) mass is 468 g/mol. The van der Waals surface area contributed by atoms with E-state index in [-0.39, 0.29) is 5.91 Å². The molecule has 178 valence electrons. The summed E-state index contributed by atoms with van der Waals surface area (Å²) in [4.78, 5) is 19.5. The van der Waals surface area contributed by atoms with Crippen LogP contribution in [0.15, 0.2) is 47.4 Å². The number of rotatable bonds is 8. The summed E-state index contributed by atoms with van der Waals surface area (Å²) in [5.41, 5.74) is 1.85. The lowest BCUT2D eigenvalue weighted by Crippen LogP contribution is -2.47. The molecule has 1 amide bonds. The van der Waals surface area contributed by atoms with Crippen LogP contribution >= 0.6 is 11.8 Å². The highest BCUT2D eigenvalue weighted by Gasteiger charge is 2.48. The van der Waals surface area contributed by atoms with Crippen LogP contribution in [-0.4, -0.2) is 51.7 Å². The third-order valence-electron chi connectivity index (χ3n) is 7.24. The number of thioether (sulfide) groups is 1. The summed E-state index contributed by atoms with van der Waals surface area (Å²) in [6.45, 7) is 0.984. The Labute approximate surface area is 202 Å². The largest absolute Gasteiger partial charge is 0.497 e. The molecule has 5 nitrogen and oxygen atoms in total. The topological polar surface area (TPSA) is 42.0 Å². The minimum absolute atomic E-state index is 0.0954. The van der Waals surface area contributed by atoms with E-state index in [9.17, 15) is 4.79 Å². The molecule has 1 aliphatic heterocycles. The lowest BCUT2D eigenvalue weighted by Gasteiger charge is -2.42. The highest BCUT2D eigenvalue weighted by Crippen LogP contribution is 2.55. The second-order valence-electron chi connectivity index (χ2n) is 9.20. The first-order chi connectivity index (χ1) is 16.0. The Hall–Kier alpha value is -2.18. The summed E-state index contributed by atoms with van der Waals surface area (Å²) in [6, 6.07) is 14.6. The predicted molar refractivity (Wildman–Crippen MR) is 136 cm³/mol. The predicted octanol–water partition coefficient (Wildman–Crippen LogP) is 5.71. The zero-order chi connectivity index (χ0) is 23.4. The van der Waals surface area contributed by atoms with E-state index < -0.39 is 4.75 Å². The molecule has 1 unspecified atom stereocenters. The maximum Gasteiger partial charge on any atom is 0.248 e. The molecule has 0 spiro atoms. The average Bonchev–Trinajstić information content (AvgIpc) is 2.87. The van der Waals surface area contributed by atoms with Gasteiger partial charge in [-0.1, -0.05) is 31.4 Å². The Morgan fingerprint density at radius 2 is 1.85 bits per heavy atom. The van der Waals surface area contributed by atoms with Crippen molar-refractivity contribution in [2.75, 3.05) is 39.8 Å². The maximum atomic E-state index is 14.1. The van der Waals surface area contributed by atoms with Gasteiger partial charge in [-0.3, -0.25) is 4.79 Å². The first-order valence-corrected chi connectivity index (χ1v) is 12.8. The highest BCUT2D eigenvalue weighted by atomic mass is 32.2. The van der Waals surface area contributed by atoms with Crippen molar-refractivity contribution in [3.8, 4) is 11.5 Å². The van der Waals surface area contributed by atoms with Crippen LogP contribution in [0.2, 0.25) is 0 Å². The molecule has 33 heavy (non-hydrogen) atoms. The van der Waals surface area contributed by atoms with Gasteiger partial charge in [-0.2, -0.15) is 0 Å². The van der Waals surface area contributed by atoms with Crippen molar-refractivity contribution in [2.45, 2.75) is 60.6 Å². The Balaban J connectivity index is 1.68. The van der Waals surface area contributed by atoms with E-state index in [1.165, 1.54) is 32.1 Å². The number of para-hydroxylation sites is 1. The van der Waals surface area contributed by atoms with Crippen LogP contribution in [-0.2, 0) is 9.54 Å². The van der Waals surface area contributed by atoms with Gasteiger partial charge in [0.1, 0.15) is 16.2 Å². The van der Waals surface area contributed by atoms with Crippen LogP contribution in [0.4, 0.5) is 5.69 Å². The van der Waals surface area contributed by atoms with Gasteiger partial charge in [0.15, 0.2) is 0 Å². The van der Waals surface area contributed by atoms with Crippen molar-refractivity contribution in [1.29, 1.82) is 0 Å².